The summed E-state index contributed by atoms with van der Waals surface area (Å²) in [6, 6.07) is 1.51. The molecule has 1 unspecified atom stereocenters. The van der Waals surface area contributed by atoms with Crippen LogP contribution in [0.1, 0.15) is 13.2 Å². The first-order valence-electron chi connectivity index (χ1n) is 5.40. The van der Waals surface area contributed by atoms with Crippen LogP contribution in [0.15, 0.2) is 17.1 Å². The smallest absolute Gasteiger partial charge is 0.351 e. The number of esters is 1. The molecule has 0 aliphatic carbocycles. The molecular formula is C10H13N3O4S. The third kappa shape index (κ3) is 2.65. The van der Waals surface area contributed by atoms with Crippen LogP contribution in [0.2, 0.25) is 0 Å². The van der Waals surface area contributed by atoms with Crippen LogP contribution < -0.4 is 11.4 Å². The SMILES string of the molecule is CCOC(=O)[C@@H]1OC(n2ccc(N)nc2=O)CS1. The average Bonchev–Trinajstić information content (AvgIpc) is 2.78. The summed E-state index contributed by atoms with van der Waals surface area (Å²) in [7, 11) is 0. The van der Waals surface area contributed by atoms with E-state index in [4.69, 9.17) is 15.2 Å². The number of nitrogens with two attached hydrogens (primary N) is 1. The number of ether oxygens (including phenoxy) is 2. The quantitative estimate of drug-likeness (QED) is 0.771. The highest BCUT2D eigenvalue weighted by atomic mass is 32.2. The van der Waals surface area contributed by atoms with E-state index in [-0.39, 0.29) is 5.82 Å². The number of carbonyl (C=O) groups is 1. The van der Waals surface area contributed by atoms with E-state index in [1.165, 1.54) is 28.6 Å². The van der Waals surface area contributed by atoms with Gasteiger partial charge in [0.05, 0.1) is 6.61 Å². The molecule has 8 heteroatoms. The van der Waals surface area contributed by atoms with Crippen molar-refractivity contribution in [3.63, 3.8) is 0 Å². The van der Waals surface area contributed by atoms with Gasteiger partial charge in [0, 0.05) is 11.9 Å². The van der Waals surface area contributed by atoms with E-state index >= 15 is 0 Å². The molecule has 0 saturated carbocycles. The van der Waals surface area contributed by atoms with Crippen LogP contribution in [0, 0.1) is 0 Å². The monoisotopic (exact) mass is 271 g/mol. The molecule has 0 amide bonds. The summed E-state index contributed by atoms with van der Waals surface area (Å²) in [5.41, 5.74) is 4.21. The van der Waals surface area contributed by atoms with Gasteiger partial charge in [-0.2, -0.15) is 4.98 Å². The molecule has 2 heterocycles. The summed E-state index contributed by atoms with van der Waals surface area (Å²) in [6.07, 6.45) is 0.980. The van der Waals surface area contributed by atoms with Crippen LogP contribution in [-0.2, 0) is 14.3 Å². The van der Waals surface area contributed by atoms with Gasteiger partial charge < -0.3 is 15.2 Å². The minimum absolute atomic E-state index is 0.156. The molecule has 0 bridgehead atoms. The maximum absolute atomic E-state index is 11.6. The van der Waals surface area contributed by atoms with Gasteiger partial charge in [0.2, 0.25) is 5.44 Å². The number of hydrogen-bond donors (Lipinski definition) is 1. The van der Waals surface area contributed by atoms with Crippen molar-refractivity contribution in [1.82, 2.24) is 9.55 Å². The number of aromatic nitrogens is 2. The van der Waals surface area contributed by atoms with E-state index < -0.39 is 23.3 Å². The highest BCUT2D eigenvalue weighted by Gasteiger charge is 2.33. The number of nitrogen functional groups attached to an aromatic ring is 1. The first-order valence-corrected chi connectivity index (χ1v) is 6.45. The van der Waals surface area contributed by atoms with Crippen LogP contribution >= 0.6 is 11.8 Å². The van der Waals surface area contributed by atoms with Gasteiger partial charge in [-0.1, -0.05) is 0 Å². The molecule has 2 N–H and O–H groups in total. The zero-order valence-corrected chi connectivity index (χ0v) is 10.6. The molecular weight excluding hydrogens is 258 g/mol. The number of anilines is 1. The molecule has 18 heavy (non-hydrogen) atoms. The van der Waals surface area contributed by atoms with Crippen molar-refractivity contribution in [1.29, 1.82) is 0 Å². The van der Waals surface area contributed by atoms with Gasteiger partial charge in [-0.05, 0) is 13.0 Å². The molecule has 0 aromatic carbocycles. The standard InChI is InChI=1S/C10H13N3O4S/c1-2-16-8(14)9-17-7(5-18-9)13-4-3-6(11)12-10(13)15/h3-4,7,9H,2,5H2,1H3,(H2,11,12,15)/t7?,9-/m1/s1. The van der Waals surface area contributed by atoms with Crippen molar-refractivity contribution in [3.05, 3.63) is 22.7 Å². The minimum Gasteiger partial charge on any atom is -0.463 e. The number of rotatable bonds is 3. The first-order chi connectivity index (χ1) is 8.61. The average molecular weight is 271 g/mol. The van der Waals surface area contributed by atoms with E-state index in [1.807, 2.05) is 0 Å². The van der Waals surface area contributed by atoms with Crippen LogP contribution in [0.3, 0.4) is 0 Å². The Hall–Kier alpha value is -1.54. The number of carbonyl (C=O) groups excluding carboxylic acids is 1. The molecule has 1 aromatic rings. The fraction of sp³-hybridized carbons (Fsp3) is 0.500. The van der Waals surface area contributed by atoms with Gasteiger partial charge in [0.1, 0.15) is 12.0 Å². The maximum Gasteiger partial charge on any atom is 0.351 e. The van der Waals surface area contributed by atoms with Crippen molar-refractivity contribution in [2.75, 3.05) is 18.1 Å². The summed E-state index contributed by atoms with van der Waals surface area (Å²) in [5, 5.41) is 0. The summed E-state index contributed by atoms with van der Waals surface area (Å²) in [5.74, 6) is 0.208. The van der Waals surface area contributed by atoms with Crippen LogP contribution in [-0.4, -0.2) is 33.3 Å². The van der Waals surface area contributed by atoms with E-state index in [1.54, 1.807) is 6.92 Å². The van der Waals surface area contributed by atoms with Gasteiger partial charge in [-0.15, -0.1) is 11.8 Å². The first kappa shape index (κ1) is 12.9. The molecule has 1 aromatic heterocycles. The molecule has 0 spiro atoms. The lowest BCUT2D eigenvalue weighted by Gasteiger charge is -2.13. The van der Waals surface area contributed by atoms with Crippen LogP contribution in [0.4, 0.5) is 5.82 Å². The second-order valence-electron chi connectivity index (χ2n) is 3.55. The van der Waals surface area contributed by atoms with Gasteiger partial charge >= 0.3 is 11.7 Å². The lowest BCUT2D eigenvalue weighted by molar-refractivity contribution is -0.153. The van der Waals surface area contributed by atoms with E-state index in [2.05, 4.69) is 4.98 Å². The zero-order valence-electron chi connectivity index (χ0n) is 9.74. The van der Waals surface area contributed by atoms with Crippen LogP contribution in [0.5, 0.6) is 0 Å². The maximum atomic E-state index is 11.6. The Kier molecular flexibility index (Phi) is 3.87. The molecule has 1 fully saturated rings. The summed E-state index contributed by atoms with van der Waals surface area (Å²) >= 11 is 1.29. The Bertz CT molecular complexity index is 504. The highest BCUT2D eigenvalue weighted by molar-refractivity contribution is 8.00. The lowest BCUT2D eigenvalue weighted by Crippen LogP contribution is -2.29. The van der Waals surface area contributed by atoms with Crippen molar-refractivity contribution in [2.45, 2.75) is 18.6 Å². The predicted molar refractivity (Wildman–Crippen MR) is 65.9 cm³/mol. The Balaban J connectivity index is 2.09. The number of nitrogens with zero attached hydrogens (tertiary/aromatic N) is 2. The molecule has 2 atom stereocenters. The minimum atomic E-state index is -0.695. The van der Waals surface area contributed by atoms with Gasteiger partial charge in [0.25, 0.3) is 0 Å². The van der Waals surface area contributed by atoms with Crippen molar-refractivity contribution >= 4 is 23.5 Å². The molecule has 2 rings (SSSR count). The van der Waals surface area contributed by atoms with Crippen molar-refractivity contribution in [3.8, 4) is 0 Å². The summed E-state index contributed by atoms with van der Waals surface area (Å²) in [4.78, 5) is 26.7. The van der Waals surface area contributed by atoms with Crippen molar-refractivity contribution < 1.29 is 14.3 Å². The van der Waals surface area contributed by atoms with Crippen LogP contribution in [0.25, 0.3) is 0 Å². The van der Waals surface area contributed by atoms with E-state index in [0.29, 0.717) is 12.4 Å². The van der Waals surface area contributed by atoms with E-state index in [0.717, 1.165) is 0 Å². The van der Waals surface area contributed by atoms with Crippen molar-refractivity contribution in [2.24, 2.45) is 0 Å². The Morgan fingerprint density at radius 1 is 1.78 bits per heavy atom. The lowest BCUT2D eigenvalue weighted by atomic mass is 10.5. The molecule has 1 aliphatic rings. The zero-order chi connectivity index (χ0) is 13.1. The third-order valence-corrected chi connectivity index (χ3v) is 3.40. The third-order valence-electron chi connectivity index (χ3n) is 2.31. The molecule has 1 aliphatic heterocycles. The second kappa shape index (κ2) is 5.40. The largest absolute Gasteiger partial charge is 0.463 e. The Morgan fingerprint density at radius 3 is 3.22 bits per heavy atom. The van der Waals surface area contributed by atoms with Gasteiger partial charge in [0.15, 0.2) is 0 Å². The predicted octanol–water partition coefficient (Wildman–Crippen LogP) is -0.0233. The second-order valence-corrected chi connectivity index (χ2v) is 4.65. The summed E-state index contributed by atoms with van der Waals surface area (Å²) < 4.78 is 11.6. The van der Waals surface area contributed by atoms with Gasteiger partial charge in [-0.3, -0.25) is 4.57 Å². The fourth-order valence-corrected chi connectivity index (χ4v) is 2.51. The number of hydrogen-bond acceptors (Lipinski definition) is 7. The molecule has 1 saturated heterocycles. The Morgan fingerprint density at radius 2 is 2.56 bits per heavy atom. The topological polar surface area (TPSA) is 96.4 Å². The number of thioether (sulfide) groups is 1. The van der Waals surface area contributed by atoms with E-state index in [9.17, 15) is 9.59 Å². The van der Waals surface area contributed by atoms with Gasteiger partial charge in [-0.25, -0.2) is 9.59 Å². The highest BCUT2D eigenvalue weighted by Crippen LogP contribution is 2.31. The normalized spacial score (nSPS) is 22.9. The summed E-state index contributed by atoms with van der Waals surface area (Å²) in [6.45, 7) is 2.02. The molecule has 0 radical (unpaired) electrons. The Labute approximate surface area is 107 Å². The molecule has 98 valence electrons. The fourth-order valence-electron chi connectivity index (χ4n) is 1.52. The molecule has 7 nitrogen and oxygen atoms in total.